The topological polar surface area (TPSA) is 112 Å². The Bertz CT molecular complexity index is 1380. The van der Waals surface area contributed by atoms with E-state index in [1.54, 1.807) is 49.5 Å². The third kappa shape index (κ3) is 7.10. The molecule has 1 fully saturated rings. The minimum absolute atomic E-state index is 0.0776. The molecule has 0 atom stereocenters. The molecule has 0 aromatic heterocycles. The zero-order chi connectivity index (χ0) is 28.9. The molecular formula is C29H34F3N7O. The highest BCUT2D eigenvalue weighted by Gasteiger charge is 2.34. The zero-order valence-electron chi connectivity index (χ0n) is 22.6. The van der Waals surface area contributed by atoms with E-state index in [2.05, 4.69) is 27.4 Å². The maximum atomic E-state index is 14.0. The van der Waals surface area contributed by atoms with Crippen LogP contribution in [0.2, 0.25) is 0 Å². The lowest BCUT2D eigenvalue weighted by Gasteiger charge is -2.34. The Morgan fingerprint density at radius 1 is 0.950 bits per heavy atom. The van der Waals surface area contributed by atoms with Crippen LogP contribution >= 0.6 is 0 Å². The molecular weight excluding hydrogens is 519 g/mol. The zero-order valence-corrected chi connectivity index (χ0v) is 22.6. The van der Waals surface area contributed by atoms with Crippen molar-refractivity contribution < 1.29 is 18.0 Å². The van der Waals surface area contributed by atoms with Gasteiger partial charge >= 0.3 is 6.18 Å². The van der Waals surface area contributed by atoms with Gasteiger partial charge in [-0.3, -0.25) is 14.7 Å². The first kappa shape index (κ1) is 28.9. The second-order valence-electron chi connectivity index (χ2n) is 9.65. The van der Waals surface area contributed by atoms with Gasteiger partial charge in [-0.2, -0.15) is 13.2 Å². The number of anilines is 4. The fourth-order valence-electron chi connectivity index (χ4n) is 4.66. The Morgan fingerprint density at radius 3 is 2.27 bits per heavy atom. The molecule has 1 saturated heterocycles. The van der Waals surface area contributed by atoms with Gasteiger partial charge in [0.2, 0.25) is 0 Å². The number of alkyl halides is 3. The average Bonchev–Trinajstić information content (AvgIpc) is 2.93. The summed E-state index contributed by atoms with van der Waals surface area (Å²) < 4.78 is 41.9. The van der Waals surface area contributed by atoms with E-state index in [-0.39, 0.29) is 23.4 Å². The van der Waals surface area contributed by atoms with Crippen LogP contribution in [-0.4, -0.2) is 61.3 Å². The number of nitrogen functional groups attached to an aromatic ring is 1. The summed E-state index contributed by atoms with van der Waals surface area (Å²) in [5.41, 5.74) is 14.1. The number of likely N-dealkylation sites (N-methyl/N-ethyl adjacent to an activating group) is 1. The van der Waals surface area contributed by atoms with Crippen molar-refractivity contribution in [2.24, 2.45) is 10.7 Å². The van der Waals surface area contributed by atoms with Crippen molar-refractivity contribution in [2.75, 3.05) is 56.1 Å². The van der Waals surface area contributed by atoms with Gasteiger partial charge in [-0.15, -0.1) is 0 Å². The van der Waals surface area contributed by atoms with E-state index >= 15 is 0 Å². The smallest absolute Gasteiger partial charge is 0.398 e. The third-order valence-corrected chi connectivity index (χ3v) is 6.96. The normalized spacial score (nSPS) is 15.2. The van der Waals surface area contributed by atoms with E-state index in [0.717, 1.165) is 25.7 Å². The Labute approximate surface area is 231 Å². The number of nitrogens with two attached hydrogens (primary N) is 2. The second kappa shape index (κ2) is 12.4. The van der Waals surface area contributed by atoms with Crippen molar-refractivity contribution in [3.63, 3.8) is 0 Å². The van der Waals surface area contributed by atoms with E-state index in [1.165, 1.54) is 12.1 Å². The number of benzene rings is 3. The first-order valence-corrected chi connectivity index (χ1v) is 13.0. The Hall–Kier alpha value is -4.09. The number of rotatable bonds is 8. The number of carbonyl (C=O) groups is 1. The van der Waals surface area contributed by atoms with Gasteiger partial charge < -0.3 is 27.0 Å². The van der Waals surface area contributed by atoms with Crippen molar-refractivity contribution in [3.05, 3.63) is 82.9 Å². The number of nitrogens with one attached hydrogen (secondary N) is 2. The summed E-state index contributed by atoms with van der Waals surface area (Å²) in [6, 6.07) is 15.8. The summed E-state index contributed by atoms with van der Waals surface area (Å²) in [4.78, 5) is 21.2. The molecule has 6 N–H and O–H groups in total. The summed E-state index contributed by atoms with van der Waals surface area (Å²) in [5, 5.41) is 5.78. The Morgan fingerprint density at radius 2 is 1.62 bits per heavy atom. The lowest BCUT2D eigenvalue weighted by molar-refractivity contribution is -0.138. The standard InChI is InChI=1S/C29H34F3N7O/c1-3-38-11-13-39(14-12-38)18-20-7-8-22(16-25(20)29(30,31)32)37-28(40)19-5-4-6-21(15-19)36-23-9-10-24(26(33)17-23)27(34)35-2/h4-10,15-17,36H,3,11-14,18,33H2,1-2H3,(H2,34,35)(H,37,40). The van der Waals surface area contributed by atoms with Crippen LogP contribution in [0.1, 0.15) is 34.0 Å². The molecule has 212 valence electrons. The molecule has 0 saturated carbocycles. The van der Waals surface area contributed by atoms with Crippen LogP contribution in [0.4, 0.5) is 35.9 Å². The molecule has 0 aliphatic carbocycles. The molecule has 0 unspecified atom stereocenters. The molecule has 0 spiro atoms. The summed E-state index contributed by atoms with van der Waals surface area (Å²) in [5.74, 6) is -0.207. The number of halogens is 3. The number of piperazine rings is 1. The van der Waals surface area contributed by atoms with Crippen molar-refractivity contribution >= 4 is 34.5 Å². The fraction of sp³-hybridized carbons (Fsp3) is 0.310. The number of amidine groups is 1. The summed E-state index contributed by atoms with van der Waals surface area (Å²) in [6.07, 6.45) is -4.55. The molecule has 40 heavy (non-hydrogen) atoms. The van der Waals surface area contributed by atoms with Gasteiger partial charge in [0.1, 0.15) is 5.84 Å². The lowest BCUT2D eigenvalue weighted by Crippen LogP contribution is -2.45. The highest BCUT2D eigenvalue weighted by molar-refractivity contribution is 6.05. The van der Waals surface area contributed by atoms with Crippen molar-refractivity contribution in [1.29, 1.82) is 0 Å². The minimum atomic E-state index is -4.55. The molecule has 1 amide bonds. The molecule has 8 nitrogen and oxygen atoms in total. The van der Waals surface area contributed by atoms with E-state index < -0.39 is 17.6 Å². The highest BCUT2D eigenvalue weighted by atomic mass is 19.4. The SMILES string of the molecule is CCN1CCN(Cc2ccc(NC(=O)c3cccc(Nc4ccc(C(N)=NC)c(N)c4)c3)cc2C(F)(F)F)CC1. The monoisotopic (exact) mass is 553 g/mol. The molecule has 11 heteroatoms. The van der Waals surface area contributed by atoms with Crippen molar-refractivity contribution in [1.82, 2.24) is 9.80 Å². The Balaban J connectivity index is 1.47. The molecule has 4 rings (SSSR count). The number of nitrogens with zero attached hydrogens (tertiary/aromatic N) is 3. The molecule has 1 aliphatic rings. The number of hydrogen-bond donors (Lipinski definition) is 4. The summed E-state index contributed by atoms with van der Waals surface area (Å²) >= 11 is 0. The van der Waals surface area contributed by atoms with Crippen molar-refractivity contribution in [3.8, 4) is 0 Å². The van der Waals surface area contributed by atoms with Gasteiger partial charge in [0, 0.05) is 73.6 Å². The fourth-order valence-corrected chi connectivity index (χ4v) is 4.66. The van der Waals surface area contributed by atoms with Crippen LogP contribution in [0.5, 0.6) is 0 Å². The van der Waals surface area contributed by atoms with Crippen LogP contribution in [0.15, 0.2) is 65.7 Å². The second-order valence-corrected chi connectivity index (χ2v) is 9.65. The van der Waals surface area contributed by atoms with Crippen LogP contribution in [0.25, 0.3) is 0 Å². The quantitative estimate of drug-likeness (QED) is 0.182. The summed E-state index contributed by atoms with van der Waals surface area (Å²) in [6.45, 7) is 6.31. The Kier molecular flexibility index (Phi) is 8.96. The first-order valence-electron chi connectivity index (χ1n) is 13.0. The predicted molar refractivity (Wildman–Crippen MR) is 154 cm³/mol. The van der Waals surface area contributed by atoms with Crippen molar-refractivity contribution in [2.45, 2.75) is 19.6 Å². The summed E-state index contributed by atoms with van der Waals surface area (Å²) in [7, 11) is 1.57. The average molecular weight is 554 g/mol. The molecule has 1 aliphatic heterocycles. The van der Waals surface area contributed by atoms with Gasteiger partial charge in [-0.1, -0.05) is 19.1 Å². The van der Waals surface area contributed by atoms with Crippen LogP contribution < -0.4 is 22.1 Å². The van der Waals surface area contributed by atoms with E-state index in [9.17, 15) is 18.0 Å². The van der Waals surface area contributed by atoms with E-state index in [1.807, 2.05) is 4.90 Å². The van der Waals surface area contributed by atoms with Crippen LogP contribution in [0.3, 0.4) is 0 Å². The molecule has 3 aromatic rings. The molecule has 1 heterocycles. The van der Waals surface area contributed by atoms with Gasteiger partial charge in [0.15, 0.2) is 0 Å². The number of aliphatic imine (C=N–C) groups is 1. The molecule has 3 aromatic carbocycles. The predicted octanol–water partition coefficient (Wildman–Crippen LogP) is 4.76. The number of carbonyl (C=O) groups excluding carboxylic acids is 1. The first-order chi connectivity index (χ1) is 19.1. The number of hydrogen-bond acceptors (Lipinski definition) is 6. The maximum absolute atomic E-state index is 14.0. The number of amides is 1. The largest absolute Gasteiger partial charge is 0.416 e. The van der Waals surface area contributed by atoms with Crippen LogP contribution in [-0.2, 0) is 12.7 Å². The van der Waals surface area contributed by atoms with Gasteiger partial charge in [-0.25, -0.2) is 0 Å². The van der Waals surface area contributed by atoms with Gasteiger partial charge in [-0.05, 0) is 60.6 Å². The van der Waals surface area contributed by atoms with E-state index in [4.69, 9.17) is 11.5 Å². The van der Waals surface area contributed by atoms with E-state index in [0.29, 0.717) is 41.6 Å². The van der Waals surface area contributed by atoms with Crippen LogP contribution in [0, 0.1) is 0 Å². The van der Waals surface area contributed by atoms with Gasteiger partial charge in [0.25, 0.3) is 5.91 Å². The molecule has 0 radical (unpaired) electrons. The third-order valence-electron chi connectivity index (χ3n) is 6.96. The van der Waals surface area contributed by atoms with Gasteiger partial charge in [0.05, 0.1) is 5.56 Å². The maximum Gasteiger partial charge on any atom is 0.416 e. The minimum Gasteiger partial charge on any atom is -0.398 e. The highest BCUT2D eigenvalue weighted by Crippen LogP contribution is 2.35. The molecule has 0 bridgehead atoms. The lowest BCUT2D eigenvalue weighted by atomic mass is 10.0.